The third-order valence-electron chi connectivity index (χ3n) is 5.52. The van der Waals surface area contributed by atoms with Gasteiger partial charge >= 0.3 is 23.9 Å². The van der Waals surface area contributed by atoms with Gasteiger partial charge in [0, 0.05) is 27.7 Å². The monoisotopic (exact) mass is 559 g/mol. The van der Waals surface area contributed by atoms with Crippen molar-refractivity contribution in [3.05, 3.63) is 51.0 Å². The molecule has 1 aromatic carbocycles. The van der Waals surface area contributed by atoms with Gasteiger partial charge in [0.1, 0.15) is 24.3 Å². The van der Waals surface area contributed by atoms with Gasteiger partial charge in [0.15, 0.2) is 29.3 Å². The van der Waals surface area contributed by atoms with Crippen molar-refractivity contribution in [3.63, 3.8) is 0 Å². The maximum atomic E-state index is 12.7. The fourth-order valence-corrected chi connectivity index (χ4v) is 4.48. The van der Waals surface area contributed by atoms with E-state index in [-0.39, 0.29) is 16.0 Å². The highest BCUT2D eigenvalue weighted by Crippen LogP contribution is 2.37. The number of carbonyl (C=O) groups excluding carboxylic acids is 4. The van der Waals surface area contributed by atoms with E-state index < -0.39 is 66.7 Å². The molecule has 0 aliphatic carbocycles. The molecule has 5 atom stereocenters. The number of aromatic nitrogens is 2. The lowest BCUT2D eigenvalue weighted by Gasteiger charge is -2.45. The SMILES string of the molecule is CC(=O)OC[C@H]1O[C@@H](n2c(-c3ccccc3)c(C#N)c(=O)[nH]c2=S)[C@H](OC(C)=O)[C@@H](OC(C)=O)[C@@H]1OC(C)=O. The third-order valence-corrected chi connectivity index (χ3v) is 5.82. The molecule has 1 aliphatic rings. The Balaban J connectivity index is 2.35. The molecule has 1 saturated heterocycles. The lowest BCUT2D eigenvalue weighted by molar-refractivity contribution is -0.268. The molecule has 0 amide bonds. The summed E-state index contributed by atoms with van der Waals surface area (Å²) < 4.78 is 28.7. The van der Waals surface area contributed by atoms with Crippen LogP contribution >= 0.6 is 12.2 Å². The number of H-pyrrole nitrogens is 1. The Hall–Kier alpha value is -4.35. The van der Waals surface area contributed by atoms with Gasteiger partial charge in [0.25, 0.3) is 5.56 Å². The molecular weight excluding hydrogens is 534 g/mol. The summed E-state index contributed by atoms with van der Waals surface area (Å²) in [5, 5.41) is 9.87. The first kappa shape index (κ1) is 29.2. The largest absolute Gasteiger partial charge is 0.463 e. The van der Waals surface area contributed by atoms with Crippen LogP contribution in [0.3, 0.4) is 0 Å². The van der Waals surface area contributed by atoms with E-state index in [4.69, 9.17) is 35.9 Å². The van der Waals surface area contributed by atoms with Gasteiger partial charge in [-0.2, -0.15) is 5.26 Å². The van der Waals surface area contributed by atoms with Crippen LogP contribution in [0.15, 0.2) is 35.1 Å². The minimum atomic E-state index is -1.50. The molecule has 0 saturated carbocycles. The zero-order chi connectivity index (χ0) is 28.9. The lowest BCUT2D eigenvalue weighted by atomic mass is 9.96. The first-order valence-corrected chi connectivity index (χ1v) is 12.0. The van der Waals surface area contributed by atoms with E-state index in [1.165, 1.54) is 4.57 Å². The van der Waals surface area contributed by atoms with E-state index in [0.29, 0.717) is 5.56 Å². The molecule has 0 spiro atoms. The molecule has 0 radical (unpaired) electrons. The summed E-state index contributed by atoms with van der Waals surface area (Å²) in [6, 6.07) is 10.1. The molecule has 1 aliphatic heterocycles. The predicted octanol–water partition coefficient (Wildman–Crippen LogP) is 1.70. The number of hydrogen-bond acceptors (Lipinski definition) is 12. The number of rotatable bonds is 7. The summed E-state index contributed by atoms with van der Waals surface area (Å²) in [5.74, 6) is -3.10. The maximum absolute atomic E-state index is 12.7. The Bertz CT molecular complexity index is 1430. The molecule has 3 rings (SSSR count). The van der Waals surface area contributed by atoms with Crippen LogP contribution in [0.2, 0.25) is 0 Å². The van der Waals surface area contributed by atoms with Crippen LogP contribution in [-0.4, -0.2) is 64.5 Å². The van der Waals surface area contributed by atoms with Gasteiger partial charge in [-0.3, -0.25) is 33.5 Å². The number of hydrogen-bond donors (Lipinski definition) is 1. The number of benzene rings is 1. The van der Waals surface area contributed by atoms with Crippen molar-refractivity contribution in [2.24, 2.45) is 0 Å². The number of esters is 4. The minimum absolute atomic E-state index is 0.0211. The average Bonchev–Trinajstić information content (AvgIpc) is 2.85. The lowest BCUT2D eigenvalue weighted by Crippen LogP contribution is -2.60. The summed E-state index contributed by atoms with van der Waals surface area (Å²) >= 11 is 5.45. The van der Waals surface area contributed by atoms with Crippen molar-refractivity contribution in [2.45, 2.75) is 58.3 Å². The Kier molecular flexibility index (Phi) is 9.33. The first-order chi connectivity index (χ1) is 18.4. The highest BCUT2D eigenvalue weighted by molar-refractivity contribution is 7.71. The molecule has 1 N–H and O–H groups in total. The van der Waals surface area contributed by atoms with Crippen LogP contribution in [0.25, 0.3) is 11.3 Å². The van der Waals surface area contributed by atoms with Crippen LogP contribution in [0.1, 0.15) is 39.5 Å². The van der Waals surface area contributed by atoms with Crippen molar-refractivity contribution < 1.29 is 42.9 Å². The molecule has 206 valence electrons. The Morgan fingerprint density at radius 2 is 1.51 bits per heavy atom. The quantitative estimate of drug-likeness (QED) is 0.296. The highest BCUT2D eigenvalue weighted by atomic mass is 32.1. The molecule has 39 heavy (non-hydrogen) atoms. The highest BCUT2D eigenvalue weighted by Gasteiger charge is 2.53. The Labute approximate surface area is 227 Å². The number of nitrogens with one attached hydrogen (secondary N) is 1. The Morgan fingerprint density at radius 3 is 2.05 bits per heavy atom. The van der Waals surface area contributed by atoms with Crippen LogP contribution in [0.4, 0.5) is 0 Å². The number of nitriles is 1. The number of carbonyl (C=O) groups is 4. The number of ether oxygens (including phenoxy) is 5. The summed E-state index contributed by atoms with van der Waals surface area (Å²) in [5.41, 5.74) is -0.697. The van der Waals surface area contributed by atoms with Crippen LogP contribution in [0, 0.1) is 16.1 Å². The van der Waals surface area contributed by atoms with Gasteiger partial charge in [0.2, 0.25) is 0 Å². The summed E-state index contributed by atoms with van der Waals surface area (Å²) in [6.45, 7) is 3.98. The minimum Gasteiger partial charge on any atom is -0.463 e. The molecule has 13 nitrogen and oxygen atoms in total. The van der Waals surface area contributed by atoms with E-state index in [0.717, 1.165) is 27.7 Å². The van der Waals surface area contributed by atoms with Crippen LogP contribution < -0.4 is 5.56 Å². The smallest absolute Gasteiger partial charge is 0.303 e. The molecule has 1 fully saturated rings. The van der Waals surface area contributed by atoms with Gasteiger partial charge in [-0.15, -0.1) is 0 Å². The summed E-state index contributed by atoms with van der Waals surface area (Å²) in [6.07, 6.45) is -7.09. The second-order valence-corrected chi connectivity index (χ2v) is 8.81. The first-order valence-electron chi connectivity index (χ1n) is 11.6. The Morgan fingerprint density at radius 1 is 0.949 bits per heavy atom. The number of aromatic amines is 1. The zero-order valence-electron chi connectivity index (χ0n) is 21.4. The maximum Gasteiger partial charge on any atom is 0.303 e. The molecule has 2 aromatic rings. The normalized spacial score (nSPS) is 22.2. The fourth-order valence-electron chi connectivity index (χ4n) is 4.19. The van der Waals surface area contributed by atoms with Crippen molar-refractivity contribution in [3.8, 4) is 17.3 Å². The second kappa shape index (κ2) is 12.5. The van der Waals surface area contributed by atoms with E-state index in [2.05, 4.69) is 4.98 Å². The zero-order valence-corrected chi connectivity index (χ0v) is 22.2. The van der Waals surface area contributed by atoms with Gasteiger partial charge in [0.05, 0.1) is 5.69 Å². The van der Waals surface area contributed by atoms with Crippen molar-refractivity contribution in [1.82, 2.24) is 9.55 Å². The average molecular weight is 560 g/mol. The molecule has 1 aromatic heterocycles. The van der Waals surface area contributed by atoms with Gasteiger partial charge in [-0.25, -0.2) is 0 Å². The van der Waals surface area contributed by atoms with Crippen molar-refractivity contribution in [1.29, 1.82) is 5.26 Å². The van der Waals surface area contributed by atoms with Gasteiger partial charge in [-0.1, -0.05) is 30.3 Å². The molecular formula is C25H25N3O10S. The number of nitrogens with zero attached hydrogens (tertiary/aromatic N) is 2. The van der Waals surface area contributed by atoms with Crippen LogP contribution in [-0.2, 0) is 42.9 Å². The van der Waals surface area contributed by atoms with Gasteiger partial charge in [-0.05, 0) is 17.8 Å². The molecule has 14 heteroatoms. The molecule has 0 bridgehead atoms. The summed E-state index contributed by atoms with van der Waals surface area (Å²) in [4.78, 5) is 63.1. The third kappa shape index (κ3) is 6.75. The topological polar surface area (TPSA) is 176 Å². The van der Waals surface area contributed by atoms with E-state index in [9.17, 15) is 29.2 Å². The second-order valence-electron chi connectivity index (χ2n) is 8.42. The molecule has 2 heterocycles. The van der Waals surface area contributed by atoms with Gasteiger partial charge < -0.3 is 23.7 Å². The van der Waals surface area contributed by atoms with Crippen molar-refractivity contribution >= 4 is 36.1 Å². The van der Waals surface area contributed by atoms with E-state index in [1.807, 2.05) is 6.07 Å². The predicted molar refractivity (Wildman–Crippen MR) is 133 cm³/mol. The fraction of sp³-hybridized carbons (Fsp3) is 0.400. The van der Waals surface area contributed by atoms with E-state index in [1.54, 1.807) is 30.3 Å². The van der Waals surface area contributed by atoms with Crippen LogP contribution in [0.5, 0.6) is 0 Å². The van der Waals surface area contributed by atoms with E-state index >= 15 is 0 Å². The van der Waals surface area contributed by atoms with Crippen molar-refractivity contribution in [2.75, 3.05) is 6.61 Å². The standard InChI is InChI=1S/C25H25N3O10S/c1-12(29)34-11-18-20(35-13(2)30)21(36-14(3)31)22(37-15(4)32)24(38-18)28-19(16-8-6-5-7-9-16)17(10-26)23(33)27-25(28)39/h5-9,18,20-22,24H,11H2,1-4H3,(H,27,33,39)/t18-,20-,21+,22-,24-/m1/s1. The summed E-state index contributed by atoms with van der Waals surface area (Å²) in [7, 11) is 0. The molecule has 0 unspecified atom stereocenters.